The normalized spacial score (nSPS) is 11.4. The van der Waals surface area contributed by atoms with Crippen LogP contribution < -0.4 is 0 Å². The van der Waals surface area contributed by atoms with Crippen molar-refractivity contribution in [3.8, 4) is 56.3 Å². The van der Waals surface area contributed by atoms with Gasteiger partial charge in [0.2, 0.25) is 0 Å². The van der Waals surface area contributed by atoms with Crippen molar-refractivity contribution in [1.29, 1.82) is 0 Å². The molecule has 0 bridgehead atoms. The number of benzene rings is 7. The van der Waals surface area contributed by atoms with Gasteiger partial charge in [0.15, 0.2) is 0 Å². The molecule has 10 rings (SSSR count). The van der Waals surface area contributed by atoms with Gasteiger partial charge in [0, 0.05) is 49.4 Å². The average molecular weight is 850 g/mol. The number of imidazole rings is 1. The minimum atomic E-state index is 0. The van der Waals surface area contributed by atoms with Crippen molar-refractivity contribution in [2.24, 2.45) is 0 Å². The number of aromatic nitrogens is 3. The van der Waals surface area contributed by atoms with E-state index in [1.807, 2.05) is 60.8 Å². The molecule has 0 fully saturated rings. The quantitative estimate of drug-likeness (QED) is 0.175. The van der Waals surface area contributed by atoms with E-state index >= 15 is 0 Å². The fourth-order valence-corrected chi connectivity index (χ4v) is 7.25. The van der Waals surface area contributed by atoms with Crippen molar-refractivity contribution in [3.63, 3.8) is 0 Å². The molecule has 250 valence electrons. The Morgan fingerprint density at radius 3 is 2.10 bits per heavy atom. The predicted molar refractivity (Wildman–Crippen MR) is 206 cm³/mol. The predicted octanol–water partition coefficient (Wildman–Crippen LogP) is 11.6. The van der Waals surface area contributed by atoms with Gasteiger partial charge in [-0.05, 0) is 64.9 Å². The van der Waals surface area contributed by atoms with E-state index in [0.29, 0.717) is 11.4 Å². The molecule has 3 aromatic heterocycles. The molecule has 1 N–H and O–H groups in total. The van der Waals surface area contributed by atoms with Gasteiger partial charge >= 0.3 is 0 Å². The molecule has 0 amide bonds. The molecule has 3 heterocycles. The Hall–Kier alpha value is -6.29. The zero-order valence-electron chi connectivity index (χ0n) is 27.6. The van der Waals surface area contributed by atoms with Crippen LogP contribution in [0.2, 0.25) is 0 Å². The molecule has 0 aliphatic heterocycles. The summed E-state index contributed by atoms with van der Waals surface area (Å²) in [6.07, 6.45) is 1.81. The number of rotatable bonds is 5. The van der Waals surface area contributed by atoms with E-state index in [-0.39, 0.29) is 26.8 Å². The van der Waals surface area contributed by atoms with Gasteiger partial charge in [0.05, 0.1) is 16.6 Å². The van der Waals surface area contributed by atoms with Crippen molar-refractivity contribution in [3.05, 3.63) is 170 Å². The largest absolute Gasteiger partial charge is 0.507 e. The second kappa shape index (κ2) is 12.8. The van der Waals surface area contributed by atoms with Gasteiger partial charge in [0.25, 0.3) is 0 Å². The maximum Gasteiger partial charge on any atom is 0.148 e. The minimum absolute atomic E-state index is 0. The van der Waals surface area contributed by atoms with Gasteiger partial charge in [-0.2, -0.15) is 0 Å². The third kappa shape index (κ3) is 5.21. The third-order valence-electron chi connectivity index (χ3n) is 9.62. The average Bonchev–Trinajstić information content (AvgIpc) is 3.76. The van der Waals surface area contributed by atoms with E-state index in [9.17, 15) is 5.11 Å². The number of nitrogens with zero attached hydrogens (tertiary/aromatic N) is 3. The van der Waals surface area contributed by atoms with Crippen LogP contribution in [0.5, 0.6) is 5.75 Å². The van der Waals surface area contributed by atoms with Crippen LogP contribution in [-0.2, 0) is 21.1 Å². The Morgan fingerprint density at radius 1 is 0.596 bits per heavy atom. The summed E-state index contributed by atoms with van der Waals surface area (Å²) in [6.45, 7) is 0. The van der Waals surface area contributed by atoms with Crippen LogP contribution in [0.25, 0.3) is 94.3 Å². The number of hydrogen-bond donors (Lipinski definition) is 1. The van der Waals surface area contributed by atoms with Crippen LogP contribution in [0, 0.1) is 6.07 Å². The smallest absolute Gasteiger partial charge is 0.148 e. The Morgan fingerprint density at radius 2 is 1.29 bits per heavy atom. The van der Waals surface area contributed by atoms with Crippen LogP contribution in [0.3, 0.4) is 0 Å². The molecule has 5 nitrogen and oxygen atoms in total. The molecular formula is C46H28N3O2Pt-. The van der Waals surface area contributed by atoms with E-state index in [0.717, 1.165) is 82.9 Å². The number of para-hydroxylation sites is 3. The molecular weight excluding hydrogens is 822 g/mol. The Labute approximate surface area is 313 Å². The van der Waals surface area contributed by atoms with Crippen molar-refractivity contribution in [1.82, 2.24) is 14.5 Å². The van der Waals surface area contributed by atoms with Crippen molar-refractivity contribution in [2.75, 3.05) is 0 Å². The van der Waals surface area contributed by atoms with E-state index in [1.165, 1.54) is 0 Å². The van der Waals surface area contributed by atoms with Crippen LogP contribution >= 0.6 is 0 Å². The topological polar surface area (TPSA) is 64.1 Å². The summed E-state index contributed by atoms with van der Waals surface area (Å²) >= 11 is 0. The molecule has 0 spiro atoms. The fourth-order valence-electron chi connectivity index (χ4n) is 7.25. The number of pyridine rings is 1. The van der Waals surface area contributed by atoms with Crippen LogP contribution in [-0.4, -0.2) is 19.6 Å². The van der Waals surface area contributed by atoms with Gasteiger partial charge in [-0.15, -0.1) is 23.8 Å². The summed E-state index contributed by atoms with van der Waals surface area (Å²) < 4.78 is 8.54. The summed E-state index contributed by atoms with van der Waals surface area (Å²) in [7, 11) is 0. The van der Waals surface area contributed by atoms with Crippen LogP contribution in [0.15, 0.2) is 168 Å². The van der Waals surface area contributed by atoms with Gasteiger partial charge in [-0.1, -0.05) is 114 Å². The second-order valence-corrected chi connectivity index (χ2v) is 12.7. The second-order valence-electron chi connectivity index (χ2n) is 12.7. The first kappa shape index (κ1) is 31.7. The van der Waals surface area contributed by atoms with Crippen molar-refractivity contribution >= 4 is 43.7 Å². The SMILES string of the molecule is Oc1ccccc1-c1nc2c(-c3[c-]c(-c4nccc5oc6cc7ccccc7cc6c45)cc(-c4ccccc4)c3)cccc2n1-c1ccccc1.[Pt]. The van der Waals surface area contributed by atoms with E-state index in [1.54, 1.807) is 6.07 Å². The first-order valence-corrected chi connectivity index (χ1v) is 16.9. The summed E-state index contributed by atoms with van der Waals surface area (Å²) in [5.41, 5.74) is 10.5. The molecule has 0 saturated carbocycles. The van der Waals surface area contributed by atoms with E-state index < -0.39 is 0 Å². The first-order chi connectivity index (χ1) is 25.2. The maximum absolute atomic E-state index is 11.0. The Balaban J connectivity index is 0.00000360. The van der Waals surface area contributed by atoms with E-state index in [2.05, 4.69) is 108 Å². The van der Waals surface area contributed by atoms with E-state index in [4.69, 9.17) is 14.4 Å². The molecule has 0 aliphatic rings. The maximum atomic E-state index is 11.0. The van der Waals surface area contributed by atoms with Gasteiger partial charge in [-0.3, -0.25) is 9.55 Å². The molecule has 0 aliphatic carbocycles. The number of fused-ring (bicyclic) bond motifs is 5. The molecule has 7 aromatic carbocycles. The summed E-state index contributed by atoms with van der Waals surface area (Å²) in [6, 6.07) is 56.8. The zero-order valence-corrected chi connectivity index (χ0v) is 29.9. The molecule has 10 aromatic rings. The van der Waals surface area contributed by atoms with Crippen LogP contribution in [0.1, 0.15) is 0 Å². The first-order valence-electron chi connectivity index (χ1n) is 16.9. The molecule has 0 unspecified atom stereocenters. The molecule has 6 heteroatoms. The van der Waals surface area contributed by atoms with Crippen molar-refractivity contribution in [2.45, 2.75) is 0 Å². The van der Waals surface area contributed by atoms with Gasteiger partial charge < -0.3 is 9.52 Å². The summed E-state index contributed by atoms with van der Waals surface area (Å²) in [5, 5.41) is 15.2. The Kier molecular flexibility index (Phi) is 7.79. The standard InChI is InChI=1S/C46H28N3O2.Pt/c50-40-21-10-9-18-37(40)46-48-45-36(19-11-20-39(45)49(46)35-16-5-2-6-17-35)33-24-32(29-12-3-1-4-13-29)25-34(26-33)44-43-38-27-30-14-7-8-15-31(30)28-42(38)51-41(43)22-23-47-44;/h1-25,27-28,50H;/q-1;. The van der Waals surface area contributed by atoms with Gasteiger partial charge in [-0.25, -0.2) is 4.98 Å². The third-order valence-corrected chi connectivity index (χ3v) is 9.62. The fraction of sp³-hybridized carbons (Fsp3) is 0. The Bertz CT molecular complexity index is 2930. The molecule has 52 heavy (non-hydrogen) atoms. The molecule has 0 saturated heterocycles. The van der Waals surface area contributed by atoms with Crippen molar-refractivity contribution < 1.29 is 30.6 Å². The molecule has 0 atom stereocenters. The van der Waals surface area contributed by atoms with Gasteiger partial charge in [0.1, 0.15) is 22.7 Å². The number of aromatic hydroxyl groups is 1. The zero-order chi connectivity index (χ0) is 33.9. The number of hydrogen-bond acceptors (Lipinski definition) is 4. The number of furan rings is 1. The minimum Gasteiger partial charge on any atom is -0.507 e. The molecule has 0 radical (unpaired) electrons. The van der Waals surface area contributed by atoms with Crippen LogP contribution in [0.4, 0.5) is 0 Å². The summed E-state index contributed by atoms with van der Waals surface area (Å²) in [4.78, 5) is 10.2. The number of phenols is 1. The monoisotopic (exact) mass is 849 g/mol. The summed E-state index contributed by atoms with van der Waals surface area (Å²) in [5.74, 6) is 0.829. The number of phenolic OH excluding ortho intramolecular Hbond substituents is 1.